The molecule has 2 heterocycles. The van der Waals surface area contributed by atoms with E-state index in [0.29, 0.717) is 0 Å². The summed E-state index contributed by atoms with van der Waals surface area (Å²) in [6.45, 7) is 8.50. The van der Waals surface area contributed by atoms with Gasteiger partial charge in [-0.25, -0.2) is 0 Å². The summed E-state index contributed by atoms with van der Waals surface area (Å²) < 4.78 is 5.42. The summed E-state index contributed by atoms with van der Waals surface area (Å²) in [4.78, 5) is 9.41. The average molecular weight is 442 g/mol. The van der Waals surface area contributed by atoms with Gasteiger partial charge in [-0.2, -0.15) is 11.8 Å². The Morgan fingerprint density at radius 3 is 2.77 bits per heavy atom. The number of thioether (sulfide) groups is 1. The first kappa shape index (κ1) is 20.3. The van der Waals surface area contributed by atoms with E-state index in [0.717, 1.165) is 57.8 Å². The molecule has 2 aliphatic heterocycles. The lowest BCUT2D eigenvalue weighted by Gasteiger charge is -2.29. The number of nitrogens with zero attached hydrogens (tertiary/aromatic N) is 3. The third kappa shape index (κ3) is 6.80. The summed E-state index contributed by atoms with van der Waals surface area (Å²) in [6, 6.07) is 0. The number of aliphatic imine (C=N–C) groups is 1. The van der Waals surface area contributed by atoms with Crippen molar-refractivity contribution in [3.8, 4) is 0 Å². The SMILES string of the molecule is CN=C(NCCCSC)N1CCC(CN2CCOCC2)C1.I. The van der Waals surface area contributed by atoms with E-state index in [2.05, 4.69) is 26.4 Å². The molecule has 0 amide bonds. The van der Waals surface area contributed by atoms with Gasteiger partial charge in [0.15, 0.2) is 5.96 Å². The van der Waals surface area contributed by atoms with Crippen molar-refractivity contribution in [2.75, 3.05) is 71.5 Å². The Labute approximate surface area is 156 Å². The highest BCUT2D eigenvalue weighted by Gasteiger charge is 2.26. The minimum atomic E-state index is 0. The summed E-state index contributed by atoms with van der Waals surface area (Å²) in [7, 11) is 1.90. The molecule has 0 aromatic carbocycles. The van der Waals surface area contributed by atoms with Crippen LogP contribution in [0.2, 0.25) is 0 Å². The van der Waals surface area contributed by atoms with E-state index in [1.807, 2.05) is 18.8 Å². The van der Waals surface area contributed by atoms with E-state index in [9.17, 15) is 0 Å². The predicted octanol–water partition coefficient (Wildman–Crippen LogP) is 1.59. The molecule has 0 aliphatic carbocycles. The van der Waals surface area contributed by atoms with Gasteiger partial charge in [0, 0.05) is 46.3 Å². The number of morpholine rings is 1. The van der Waals surface area contributed by atoms with Gasteiger partial charge in [-0.3, -0.25) is 9.89 Å². The predicted molar refractivity (Wildman–Crippen MR) is 107 cm³/mol. The van der Waals surface area contributed by atoms with Crippen LogP contribution >= 0.6 is 35.7 Å². The molecule has 0 aromatic rings. The fraction of sp³-hybridized carbons (Fsp3) is 0.933. The highest BCUT2D eigenvalue weighted by atomic mass is 127. The molecule has 5 nitrogen and oxygen atoms in total. The first-order valence-corrected chi connectivity index (χ1v) is 9.47. The number of likely N-dealkylation sites (tertiary alicyclic amines) is 1. The molecule has 2 aliphatic rings. The lowest BCUT2D eigenvalue weighted by molar-refractivity contribution is 0.0315. The minimum absolute atomic E-state index is 0. The molecule has 1 N–H and O–H groups in total. The van der Waals surface area contributed by atoms with E-state index in [4.69, 9.17) is 4.74 Å². The Morgan fingerprint density at radius 1 is 1.32 bits per heavy atom. The number of halogens is 1. The summed E-state index contributed by atoms with van der Waals surface area (Å²) in [5, 5.41) is 3.50. The highest BCUT2D eigenvalue weighted by Crippen LogP contribution is 2.18. The van der Waals surface area contributed by atoms with Crippen LogP contribution < -0.4 is 5.32 Å². The molecule has 0 bridgehead atoms. The van der Waals surface area contributed by atoms with Crippen molar-refractivity contribution in [2.24, 2.45) is 10.9 Å². The second kappa shape index (κ2) is 11.8. The number of nitrogens with one attached hydrogen (secondary N) is 1. The molecule has 1 unspecified atom stereocenters. The Kier molecular flexibility index (Phi) is 10.9. The van der Waals surface area contributed by atoms with Crippen LogP contribution in [0.3, 0.4) is 0 Å². The van der Waals surface area contributed by atoms with Crippen LogP contribution in [-0.4, -0.2) is 87.3 Å². The van der Waals surface area contributed by atoms with Crippen molar-refractivity contribution >= 4 is 41.7 Å². The first-order chi connectivity index (χ1) is 10.3. The summed E-state index contributed by atoms with van der Waals surface area (Å²) in [6.07, 6.45) is 4.64. The number of hydrogen-bond donors (Lipinski definition) is 1. The second-order valence-corrected chi connectivity index (χ2v) is 6.82. The van der Waals surface area contributed by atoms with Crippen LogP contribution in [0, 0.1) is 5.92 Å². The van der Waals surface area contributed by atoms with Crippen LogP contribution in [-0.2, 0) is 4.74 Å². The fourth-order valence-corrected chi connectivity index (χ4v) is 3.50. The Hall–Kier alpha value is 0.270. The van der Waals surface area contributed by atoms with E-state index in [1.165, 1.54) is 25.1 Å². The van der Waals surface area contributed by atoms with Crippen molar-refractivity contribution in [3.63, 3.8) is 0 Å². The van der Waals surface area contributed by atoms with Gasteiger partial charge in [0.05, 0.1) is 13.2 Å². The van der Waals surface area contributed by atoms with Gasteiger partial charge < -0.3 is 15.0 Å². The van der Waals surface area contributed by atoms with Crippen LogP contribution in [0.25, 0.3) is 0 Å². The highest BCUT2D eigenvalue weighted by molar-refractivity contribution is 14.0. The molecule has 2 rings (SSSR count). The molecule has 0 aromatic heterocycles. The van der Waals surface area contributed by atoms with Crippen LogP contribution in [0.1, 0.15) is 12.8 Å². The lowest BCUT2D eigenvalue weighted by atomic mass is 10.1. The minimum Gasteiger partial charge on any atom is -0.379 e. The standard InChI is InChI=1S/C15H30N4OS.HI/c1-16-15(17-5-3-11-21-2)19-6-4-14(13-19)12-18-7-9-20-10-8-18;/h14H,3-13H2,1-2H3,(H,16,17);1H. The monoisotopic (exact) mass is 442 g/mol. The second-order valence-electron chi connectivity index (χ2n) is 5.83. The summed E-state index contributed by atoms with van der Waals surface area (Å²) in [5.41, 5.74) is 0. The number of ether oxygens (including phenoxy) is 1. The Bertz CT molecular complexity index is 327. The van der Waals surface area contributed by atoms with Crippen LogP contribution in [0.4, 0.5) is 0 Å². The lowest BCUT2D eigenvalue weighted by Crippen LogP contribution is -2.42. The summed E-state index contributed by atoms with van der Waals surface area (Å²) in [5.74, 6) is 3.07. The largest absolute Gasteiger partial charge is 0.379 e. The van der Waals surface area contributed by atoms with Gasteiger partial charge in [-0.1, -0.05) is 0 Å². The summed E-state index contributed by atoms with van der Waals surface area (Å²) >= 11 is 1.90. The third-order valence-corrected chi connectivity index (χ3v) is 4.92. The van der Waals surface area contributed by atoms with Gasteiger partial charge in [-0.15, -0.1) is 24.0 Å². The van der Waals surface area contributed by atoms with Crippen LogP contribution in [0.15, 0.2) is 4.99 Å². The van der Waals surface area contributed by atoms with Crippen molar-refractivity contribution in [2.45, 2.75) is 12.8 Å². The van der Waals surface area contributed by atoms with Gasteiger partial charge in [-0.05, 0) is 30.8 Å². The quantitative estimate of drug-likeness (QED) is 0.293. The van der Waals surface area contributed by atoms with Crippen molar-refractivity contribution < 1.29 is 4.74 Å². The first-order valence-electron chi connectivity index (χ1n) is 8.08. The van der Waals surface area contributed by atoms with Gasteiger partial charge in [0.2, 0.25) is 0 Å². The maximum absolute atomic E-state index is 5.42. The molecule has 0 radical (unpaired) electrons. The molecule has 22 heavy (non-hydrogen) atoms. The van der Waals surface area contributed by atoms with Crippen LogP contribution in [0.5, 0.6) is 0 Å². The number of rotatable bonds is 6. The smallest absolute Gasteiger partial charge is 0.193 e. The number of hydrogen-bond acceptors (Lipinski definition) is 4. The van der Waals surface area contributed by atoms with Crippen molar-refractivity contribution in [1.29, 1.82) is 0 Å². The zero-order valence-electron chi connectivity index (χ0n) is 13.9. The fourth-order valence-electron chi connectivity index (χ4n) is 3.07. The molecule has 2 fully saturated rings. The molecular formula is C15H31IN4OS. The molecule has 0 spiro atoms. The Balaban J connectivity index is 0.00000242. The van der Waals surface area contributed by atoms with E-state index in [1.54, 1.807) is 0 Å². The van der Waals surface area contributed by atoms with Crippen molar-refractivity contribution in [1.82, 2.24) is 15.1 Å². The normalized spacial score (nSPS) is 23.5. The van der Waals surface area contributed by atoms with E-state index < -0.39 is 0 Å². The molecule has 1 atom stereocenters. The van der Waals surface area contributed by atoms with Gasteiger partial charge in [0.25, 0.3) is 0 Å². The maximum Gasteiger partial charge on any atom is 0.193 e. The molecule has 2 saturated heterocycles. The third-order valence-electron chi connectivity index (χ3n) is 4.23. The molecule has 130 valence electrons. The zero-order chi connectivity index (χ0) is 14.9. The molecule has 0 saturated carbocycles. The number of guanidine groups is 1. The molecule has 7 heteroatoms. The zero-order valence-corrected chi connectivity index (χ0v) is 17.1. The Morgan fingerprint density at radius 2 is 2.09 bits per heavy atom. The maximum atomic E-state index is 5.42. The van der Waals surface area contributed by atoms with Crippen molar-refractivity contribution in [3.05, 3.63) is 0 Å². The topological polar surface area (TPSA) is 40.1 Å². The average Bonchev–Trinajstić information content (AvgIpc) is 2.97. The van der Waals surface area contributed by atoms with E-state index >= 15 is 0 Å². The van der Waals surface area contributed by atoms with E-state index in [-0.39, 0.29) is 24.0 Å². The van der Waals surface area contributed by atoms with Gasteiger partial charge >= 0.3 is 0 Å². The molecular weight excluding hydrogens is 411 g/mol. The van der Waals surface area contributed by atoms with Gasteiger partial charge in [0.1, 0.15) is 0 Å².